The maximum absolute atomic E-state index is 4.95. The zero-order valence-corrected chi connectivity index (χ0v) is 8.24. The number of rotatable bonds is 2. The molecular formula is C11H12S. The Balaban J connectivity index is 3.48. The van der Waals surface area contributed by atoms with Crippen LogP contribution in [0.2, 0.25) is 0 Å². The van der Waals surface area contributed by atoms with Crippen LogP contribution in [0.1, 0.15) is 22.3 Å². The summed E-state index contributed by atoms with van der Waals surface area (Å²) < 4.78 is 0. The van der Waals surface area contributed by atoms with Crippen LogP contribution in [0, 0.1) is 13.8 Å². The summed E-state index contributed by atoms with van der Waals surface area (Å²) in [6, 6.07) is 4.18. The zero-order chi connectivity index (χ0) is 9.14. The highest BCUT2D eigenvalue weighted by atomic mass is 32.1. The SMILES string of the molecule is C=Cc1c(C)ccc(C)c1C=S. The first-order valence-electron chi connectivity index (χ1n) is 3.88. The van der Waals surface area contributed by atoms with Crippen LogP contribution in [0.15, 0.2) is 18.7 Å². The van der Waals surface area contributed by atoms with E-state index in [-0.39, 0.29) is 0 Å². The molecule has 1 heteroatoms. The highest BCUT2D eigenvalue weighted by Gasteiger charge is 2.02. The van der Waals surface area contributed by atoms with Crippen LogP contribution in [-0.4, -0.2) is 5.37 Å². The van der Waals surface area contributed by atoms with Crippen LogP contribution in [0.5, 0.6) is 0 Å². The van der Waals surface area contributed by atoms with Crippen molar-refractivity contribution in [2.45, 2.75) is 13.8 Å². The van der Waals surface area contributed by atoms with Gasteiger partial charge in [-0.2, -0.15) is 0 Å². The molecule has 0 spiro atoms. The second-order valence-electron chi connectivity index (χ2n) is 2.85. The lowest BCUT2D eigenvalue weighted by Crippen LogP contribution is -1.93. The van der Waals surface area contributed by atoms with E-state index in [9.17, 15) is 0 Å². The molecule has 0 aliphatic carbocycles. The monoisotopic (exact) mass is 176 g/mol. The molecule has 0 aromatic heterocycles. The molecule has 0 radical (unpaired) electrons. The van der Waals surface area contributed by atoms with Crippen molar-refractivity contribution in [3.05, 3.63) is 41.0 Å². The highest BCUT2D eigenvalue weighted by molar-refractivity contribution is 7.79. The second kappa shape index (κ2) is 3.63. The number of benzene rings is 1. The van der Waals surface area contributed by atoms with Crippen LogP contribution in [0.25, 0.3) is 6.08 Å². The predicted octanol–water partition coefficient (Wildman–Crippen LogP) is 3.29. The first-order valence-corrected chi connectivity index (χ1v) is 4.35. The Labute approximate surface area is 78.9 Å². The molecule has 0 aliphatic rings. The molecule has 12 heavy (non-hydrogen) atoms. The van der Waals surface area contributed by atoms with E-state index in [0.717, 1.165) is 11.1 Å². The molecule has 0 amide bonds. The van der Waals surface area contributed by atoms with Gasteiger partial charge in [0, 0.05) is 5.37 Å². The molecule has 62 valence electrons. The van der Waals surface area contributed by atoms with Gasteiger partial charge in [0.1, 0.15) is 0 Å². The van der Waals surface area contributed by atoms with Crippen molar-refractivity contribution < 1.29 is 0 Å². The molecule has 0 nitrogen and oxygen atoms in total. The van der Waals surface area contributed by atoms with Gasteiger partial charge >= 0.3 is 0 Å². The van der Waals surface area contributed by atoms with E-state index in [1.807, 2.05) is 6.08 Å². The molecule has 0 bridgehead atoms. The Hall–Kier alpha value is -0.950. The topological polar surface area (TPSA) is 0 Å². The average Bonchev–Trinajstić information content (AvgIpc) is 2.08. The lowest BCUT2D eigenvalue weighted by molar-refractivity contribution is 1.37. The number of hydrogen-bond donors (Lipinski definition) is 0. The van der Waals surface area contributed by atoms with Gasteiger partial charge in [0.2, 0.25) is 0 Å². The first kappa shape index (κ1) is 9.14. The fourth-order valence-corrected chi connectivity index (χ4v) is 1.59. The van der Waals surface area contributed by atoms with Crippen LogP contribution in [0.4, 0.5) is 0 Å². The second-order valence-corrected chi connectivity index (χ2v) is 3.08. The molecular weight excluding hydrogens is 164 g/mol. The maximum Gasteiger partial charge on any atom is 0.00948 e. The summed E-state index contributed by atoms with van der Waals surface area (Å²) in [5.74, 6) is 0. The standard InChI is InChI=1S/C11H12S/c1-4-10-8(2)5-6-9(3)11(10)7-12/h4-7H,1H2,2-3H3. The lowest BCUT2D eigenvalue weighted by atomic mass is 9.99. The molecule has 1 aromatic carbocycles. The molecule has 0 heterocycles. The zero-order valence-electron chi connectivity index (χ0n) is 7.42. The third kappa shape index (κ3) is 1.46. The lowest BCUT2D eigenvalue weighted by Gasteiger charge is -2.07. The Bertz CT molecular complexity index is 291. The fraction of sp³-hybridized carbons (Fsp3) is 0.182. The summed E-state index contributed by atoms with van der Waals surface area (Å²) >= 11 is 4.95. The Morgan fingerprint density at radius 2 is 1.67 bits per heavy atom. The fourth-order valence-electron chi connectivity index (χ4n) is 1.28. The van der Waals surface area contributed by atoms with Crippen LogP contribution in [0.3, 0.4) is 0 Å². The molecule has 1 aromatic rings. The van der Waals surface area contributed by atoms with Crippen molar-refractivity contribution in [1.29, 1.82) is 0 Å². The third-order valence-electron chi connectivity index (χ3n) is 2.05. The Morgan fingerprint density at radius 3 is 2.00 bits per heavy atom. The van der Waals surface area contributed by atoms with Crippen LogP contribution in [-0.2, 0) is 0 Å². The smallest absolute Gasteiger partial charge is 0.00948 e. The third-order valence-corrected chi connectivity index (χ3v) is 2.28. The van der Waals surface area contributed by atoms with Crippen molar-refractivity contribution in [2.24, 2.45) is 0 Å². The highest BCUT2D eigenvalue weighted by Crippen LogP contribution is 2.17. The van der Waals surface area contributed by atoms with E-state index in [1.165, 1.54) is 11.1 Å². The van der Waals surface area contributed by atoms with Crippen LogP contribution < -0.4 is 0 Å². The van der Waals surface area contributed by atoms with E-state index < -0.39 is 0 Å². The van der Waals surface area contributed by atoms with E-state index in [4.69, 9.17) is 12.2 Å². The minimum atomic E-state index is 1.13. The molecule has 0 aliphatic heterocycles. The van der Waals surface area contributed by atoms with Gasteiger partial charge in [-0.1, -0.05) is 37.0 Å². The summed E-state index contributed by atoms with van der Waals surface area (Å²) in [5, 5.41) is 1.72. The number of aryl methyl sites for hydroxylation is 2. The van der Waals surface area contributed by atoms with Gasteiger partial charge in [-0.25, -0.2) is 0 Å². The van der Waals surface area contributed by atoms with E-state index in [2.05, 4.69) is 32.6 Å². The molecule has 0 N–H and O–H groups in total. The number of hydrogen-bond acceptors (Lipinski definition) is 1. The Kier molecular flexibility index (Phi) is 2.77. The normalized spacial score (nSPS) is 9.50. The summed E-state index contributed by atoms with van der Waals surface area (Å²) in [6.07, 6.45) is 1.86. The maximum atomic E-state index is 4.95. The van der Waals surface area contributed by atoms with Crippen molar-refractivity contribution in [1.82, 2.24) is 0 Å². The quantitative estimate of drug-likeness (QED) is 0.623. The van der Waals surface area contributed by atoms with Crippen molar-refractivity contribution >= 4 is 23.7 Å². The largest absolute Gasteiger partial charge is 0.0984 e. The first-order chi connectivity index (χ1) is 5.70. The van der Waals surface area contributed by atoms with Gasteiger partial charge < -0.3 is 0 Å². The Morgan fingerprint density at radius 1 is 1.17 bits per heavy atom. The summed E-state index contributed by atoms with van der Waals surface area (Å²) in [7, 11) is 0. The van der Waals surface area contributed by atoms with Crippen molar-refractivity contribution in [3.63, 3.8) is 0 Å². The molecule has 0 saturated heterocycles. The minimum Gasteiger partial charge on any atom is -0.0984 e. The average molecular weight is 176 g/mol. The van der Waals surface area contributed by atoms with Gasteiger partial charge in [0.05, 0.1) is 0 Å². The van der Waals surface area contributed by atoms with Gasteiger partial charge in [0.15, 0.2) is 0 Å². The molecule has 0 fully saturated rings. The molecule has 0 unspecified atom stereocenters. The van der Waals surface area contributed by atoms with Gasteiger partial charge in [-0.3, -0.25) is 0 Å². The van der Waals surface area contributed by atoms with Crippen LogP contribution >= 0.6 is 12.2 Å². The van der Waals surface area contributed by atoms with Crippen molar-refractivity contribution in [2.75, 3.05) is 0 Å². The number of thiocarbonyl (C=S) groups is 1. The van der Waals surface area contributed by atoms with E-state index in [0.29, 0.717) is 0 Å². The molecule has 0 atom stereocenters. The summed E-state index contributed by atoms with van der Waals surface area (Å²) in [6.45, 7) is 7.90. The van der Waals surface area contributed by atoms with Gasteiger partial charge in [-0.15, -0.1) is 0 Å². The molecule has 0 saturated carbocycles. The van der Waals surface area contributed by atoms with Gasteiger partial charge in [-0.05, 0) is 36.1 Å². The molecule has 1 rings (SSSR count). The van der Waals surface area contributed by atoms with E-state index >= 15 is 0 Å². The summed E-state index contributed by atoms with van der Waals surface area (Å²) in [5.41, 5.74) is 4.72. The minimum absolute atomic E-state index is 1.13. The predicted molar refractivity (Wildman–Crippen MR) is 58.8 cm³/mol. The summed E-state index contributed by atoms with van der Waals surface area (Å²) in [4.78, 5) is 0. The van der Waals surface area contributed by atoms with Gasteiger partial charge in [0.25, 0.3) is 0 Å². The van der Waals surface area contributed by atoms with E-state index in [1.54, 1.807) is 5.37 Å². The van der Waals surface area contributed by atoms with Crippen molar-refractivity contribution in [3.8, 4) is 0 Å².